The first kappa shape index (κ1) is 86.3. The van der Waals surface area contributed by atoms with Gasteiger partial charge in [0.1, 0.15) is 125 Å². The molecule has 39 nitrogen and oxygen atoms in total. The normalized spacial score (nSPS) is 45.1. The molecule has 0 aromatic heterocycles. The molecule has 8 N–H and O–H groups in total. The summed E-state index contributed by atoms with van der Waals surface area (Å²) in [4.78, 5) is 40.1. The zero-order valence-electron chi connectivity index (χ0n) is 64.4. The van der Waals surface area contributed by atoms with Gasteiger partial charge < -0.3 is 164 Å². The van der Waals surface area contributed by atoms with Crippen LogP contribution >= 0.6 is 23.2 Å². The highest BCUT2D eigenvalue weighted by atomic mass is 35.5. The van der Waals surface area contributed by atoms with Crippen molar-refractivity contribution in [1.29, 1.82) is 0 Å². The van der Waals surface area contributed by atoms with E-state index < -0.39 is 248 Å². The molecule has 0 saturated carbocycles. The maximum Gasteiger partial charge on any atom is 0.342 e. The second-order valence-corrected chi connectivity index (χ2v) is 31.3. The van der Waals surface area contributed by atoms with Crippen LogP contribution in [0.25, 0.3) is 0 Å². The average Bonchev–Trinajstić information content (AvgIpc) is 1.56. The molecule has 113 heavy (non-hydrogen) atoms. The van der Waals surface area contributed by atoms with Gasteiger partial charge in [-0.1, -0.05) is 23.2 Å². The third kappa shape index (κ3) is 16.0. The summed E-state index contributed by atoms with van der Waals surface area (Å²) in [6.07, 6.45) is -38.2. The molecule has 35 atom stereocenters. The Labute approximate surface area is 658 Å². The van der Waals surface area contributed by atoms with Crippen molar-refractivity contribution in [2.45, 2.75) is 289 Å². The number of aromatic hydroxyl groups is 3. The van der Waals surface area contributed by atoms with E-state index in [1.807, 2.05) is 0 Å². The molecule has 11 aliphatic rings. The van der Waals surface area contributed by atoms with Gasteiger partial charge in [-0.15, -0.1) is 0 Å². The van der Waals surface area contributed by atoms with Gasteiger partial charge in [0.2, 0.25) is 0 Å². The van der Waals surface area contributed by atoms with Crippen molar-refractivity contribution in [3.63, 3.8) is 0 Å². The molecule has 2 spiro atoms. The maximum absolute atomic E-state index is 14.4. The number of hydrogen-bond donors (Lipinski definition) is 8. The molecule has 2 aromatic rings. The van der Waals surface area contributed by atoms with Crippen LogP contribution in [0, 0.1) is 29.9 Å². The topological polar surface area (TPSA) is 479 Å². The van der Waals surface area contributed by atoms with Gasteiger partial charge in [0.15, 0.2) is 67.4 Å². The minimum absolute atomic E-state index is 0.0755. The van der Waals surface area contributed by atoms with Gasteiger partial charge in [0.25, 0.3) is 11.5 Å². The first-order valence-corrected chi connectivity index (χ1v) is 38.0. The predicted octanol–water partition coefficient (Wildman–Crippen LogP) is 1.55. The van der Waals surface area contributed by atoms with Crippen molar-refractivity contribution in [3.05, 3.63) is 54.5 Å². The van der Waals surface area contributed by atoms with Gasteiger partial charge in [-0.2, -0.15) is 0 Å². The number of fused-ring (bicyclic) bond motifs is 4. The van der Waals surface area contributed by atoms with Gasteiger partial charge in [-0.05, 0) is 72.6 Å². The van der Waals surface area contributed by atoms with Crippen molar-refractivity contribution in [2.24, 2.45) is 5.92 Å². The van der Waals surface area contributed by atoms with Gasteiger partial charge in [-0.3, -0.25) is 10.1 Å². The van der Waals surface area contributed by atoms with Crippen molar-refractivity contribution in [2.75, 3.05) is 75.4 Å². The Morgan fingerprint density at radius 2 is 1.35 bits per heavy atom. The van der Waals surface area contributed by atoms with E-state index >= 15 is 0 Å². The fraction of sp³-hybridized carbons (Fsp3) is 0.806. The van der Waals surface area contributed by atoms with Crippen LogP contribution in [0.2, 0.25) is 10.0 Å². The first-order chi connectivity index (χ1) is 53.6. The zero-order chi connectivity index (χ0) is 81.6. The van der Waals surface area contributed by atoms with Crippen LogP contribution < -0.4 is 4.74 Å². The maximum atomic E-state index is 14.4. The quantitative estimate of drug-likeness (QED) is 0.0444. The Morgan fingerprint density at radius 3 is 2.03 bits per heavy atom. The highest BCUT2D eigenvalue weighted by molar-refractivity contribution is 6.39. The predicted molar refractivity (Wildman–Crippen MR) is 372 cm³/mol. The number of aliphatic hydroxyl groups excluding tert-OH is 5. The Balaban J connectivity index is 0.666. The molecule has 0 bridgehead atoms. The number of nitrogens with zero attached hydrogens (tertiary/aromatic N) is 1. The monoisotopic (exact) mass is 1660 g/mol. The Bertz CT molecular complexity index is 3670. The van der Waals surface area contributed by atoms with E-state index in [4.69, 9.17) is 146 Å². The number of methoxy groups -OCH3 is 5. The summed E-state index contributed by atoms with van der Waals surface area (Å²) in [5, 5.41) is 103. The summed E-state index contributed by atoms with van der Waals surface area (Å²) >= 11 is 12.8. The Morgan fingerprint density at radius 1 is 0.646 bits per heavy atom. The lowest BCUT2D eigenvalue weighted by molar-refractivity contribution is -0.595. The standard InChI is InChI=1S/C72H101Cl2NO38/c1-26-17-33(77)18-34(78)42(26)63(84)103-39-24-97-72(62-54(39)95-25-96-62)110-40-23-94-66(58(53(40)111-72)93-16-15-76)108-67-57(91-13)48(81)52(38(104-67)22-88-10)106-65-49(82)56(51(89-11)30(5)100-65)107-68-59(83)70(9)61(32(7)101-68)112-71(113-70)20-35(79)44(28(3)109-71)36-19-37(102-41-21-69(8,75(86)87)60(92-14)31(6)99-41)50(29(4)98-36)105-64(85)43-27(2)45(73)47(80)46(74)55(43)90-12/h17-18,28-32,35-41,44,48-54,56-62,65-68,76-83H,15-16,19-25H2,1-14H3/t28-,29-,30-,31+,32-,35-,36-,37-,38-,39-,40+,41+,44-,48+,49-,50-,51+,52-,53-,54+,56-,57+,58-,59-,60+,61-,62-,65+,66+,67+,68+,69-,70-,71-,72-/m1/s1. The van der Waals surface area contributed by atoms with Crippen molar-refractivity contribution >= 4 is 35.1 Å². The molecule has 2 aromatic carbocycles. The lowest BCUT2D eigenvalue weighted by atomic mass is 9.81. The minimum atomic E-state index is -2.05. The molecule has 11 aliphatic heterocycles. The van der Waals surface area contributed by atoms with Crippen LogP contribution in [0.3, 0.4) is 0 Å². The molecule has 0 aliphatic carbocycles. The van der Waals surface area contributed by atoms with Crippen molar-refractivity contribution in [1.82, 2.24) is 0 Å². The van der Waals surface area contributed by atoms with Crippen molar-refractivity contribution < 1.29 is 179 Å². The van der Waals surface area contributed by atoms with Crippen LogP contribution in [0.1, 0.15) is 99.6 Å². The second kappa shape index (κ2) is 34.3. The van der Waals surface area contributed by atoms with E-state index in [0.717, 1.165) is 6.07 Å². The fourth-order valence-corrected chi connectivity index (χ4v) is 18.3. The van der Waals surface area contributed by atoms with Gasteiger partial charge in [-0.25, -0.2) is 9.59 Å². The highest BCUT2D eigenvalue weighted by Gasteiger charge is 2.71. The van der Waals surface area contributed by atoms with Gasteiger partial charge in [0, 0.05) is 58.7 Å². The number of nitro groups is 1. The number of carbonyl (C=O) groups excluding carboxylic acids is 2. The molecule has 0 radical (unpaired) electrons. The number of phenols is 3. The molecular formula is C72H101Cl2NO38. The lowest BCUT2D eigenvalue weighted by Crippen LogP contribution is -2.68. The van der Waals surface area contributed by atoms with Crippen LogP contribution in [0.5, 0.6) is 23.0 Å². The van der Waals surface area contributed by atoms with E-state index in [-0.39, 0.29) is 96.3 Å². The van der Waals surface area contributed by atoms with Gasteiger partial charge >= 0.3 is 17.9 Å². The molecule has 11 heterocycles. The highest BCUT2D eigenvalue weighted by Crippen LogP contribution is 2.54. The number of aryl methyl sites for hydroxylation is 1. The summed E-state index contributed by atoms with van der Waals surface area (Å²) in [5.74, 6) is -8.40. The summed E-state index contributed by atoms with van der Waals surface area (Å²) in [6, 6.07) is 2.29. The zero-order valence-corrected chi connectivity index (χ0v) is 66.0. The number of phenolic OH excluding ortho intramolecular Hbond substituents is 3. The molecular weight excluding hydrogens is 1560 g/mol. The summed E-state index contributed by atoms with van der Waals surface area (Å²) < 4.78 is 162. The lowest BCUT2D eigenvalue weighted by Gasteiger charge is -2.50. The number of hydrogen-bond acceptors (Lipinski definition) is 38. The third-order valence-electron chi connectivity index (χ3n) is 23.2. The molecule has 41 heteroatoms. The SMILES string of the molecule is COC[C@H]1O[C@@H](O[C@@H]2OC[C@@H]3O[C@@]4(OC[C@@H](OC(=O)c5c(C)cc(O)cc5O)[C@@H]5OCO[C@H]54)O[C@H]3[C@H]2OCCO)[C@@H](OC)[C@@H](O)[C@@H]1O[C@@H]1O[C@H](C)[C@H](OC)[C@H](O[C@@H]2O[C@H](C)[C@H]3O[C@]4(C[C@@H](O)[C@H]([C@H]5C[C@@H](O[C@H]6C[C@@](C)([N+](=O)[O-])[C@@H](OC)[C@H](C)O6)[C@H](OC(=O)c6c(C)c(Cl)c(O)c(Cl)c6OC)[C@@H](C)O5)[C@@H](C)O4)O[C@]3(C)[C@@H]2O)[C@H]1O. The van der Waals surface area contributed by atoms with Crippen LogP contribution in [0.4, 0.5) is 0 Å². The molecule has 11 fully saturated rings. The summed E-state index contributed by atoms with van der Waals surface area (Å²) in [6.45, 7) is 12.2. The largest absolute Gasteiger partial charge is 0.508 e. The van der Waals surface area contributed by atoms with Crippen LogP contribution in [0.15, 0.2) is 12.1 Å². The second-order valence-electron chi connectivity index (χ2n) is 30.5. The number of rotatable bonds is 23. The number of ether oxygens (including phenoxy) is 26. The van der Waals surface area contributed by atoms with E-state index in [2.05, 4.69) is 0 Å². The van der Waals surface area contributed by atoms with Crippen molar-refractivity contribution in [3.8, 4) is 23.0 Å². The van der Waals surface area contributed by atoms with E-state index in [9.17, 15) is 60.6 Å². The molecule has 11 saturated heterocycles. The first-order valence-electron chi connectivity index (χ1n) is 37.3. The number of benzene rings is 2. The minimum Gasteiger partial charge on any atom is -0.508 e. The van der Waals surface area contributed by atoms with Gasteiger partial charge in [0.05, 0.1) is 101 Å². The molecule has 0 unspecified atom stereocenters. The Hall–Kier alpha value is -4.56. The van der Waals surface area contributed by atoms with E-state index in [1.165, 1.54) is 62.4 Å². The van der Waals surface area contributed by atoms with E-state index in [1.54, 1.807) is 41.5 Å². The smallest absolute Gasteiger partial charge is 0.342 e. The molecule has 13 rings (SSSR count). The summed E-state index contributed by atoms with van der Waals surface area (Å²) in [5.41, 5.74) is -3.53. The molecule has 0 amide bonds. The number of carbonyl (C=O) groups is 2. The number of esters is 2. The Kier molecular flexibility index (Phi) is 26.2. The average molecular weight is 1660 g/mol. The van der Waals surface area contributed by atoms with Crippen LogP contribution in [-0.4, -0.2) is 340 Å². The molecule has 636 valence electrons. The van der Waals surface area contributed by atoms with E-state index in [0.29, 0.717) is 0 Å². The third-order valence-corrected chi connectivity index (χ3v) is 24.0. The van der Waals surface area contributed by atoms with Crippen LogP contribution in [-0.2, 0) is 118 Å². The fourth-order valence-electron chi connectivity index (χ4n) is 17.8. The number of aliphatic hydroxyl groups is 5. The summed E-state index contributed by atoms with van der Waals surface area (Å²) in [7, 11) is 6.57. The number of halogens is 2.